The molecule has 4 aliphatic carbocycles. The van der Waals surface area contributed by atoms with E-state index in [0.717, 1.165) is 5.41 Å². The molecule has 1 spiro atoms. The van der Waals surface area contributed by atoms with E-state index in [1.807, 2.05) is 0 Å². The van der Waals surface area contributed by atoms with Gasteiger partial charge in [-0.3, -0.25) is 0 Å². The van der Waals surface area contributed by atoms with Crippen molar-refractivity contribution in [3.05, 3.63) is 0 Å². The molecule has 4 aliphatic rings. The molecule has 0 aromatic rings. The quantitative estimate of drug-likeness (QED) is 0.603. The van der Waals surface area contributed by atoms with Crippen LogP contribution in [0.2, 0.25) is 0 Å². The minimum Gasteiger partial charge on any atom is -0.0528 e. The normalized spacial score (nSPS) is 57.7. The van der Waals surface area contributed by atoms with Gasteiger partial charge in [-0.15, -0.1) is 0 Å². The zero-order valence-electron chi connectivity index (χ0n) is 8.47. The standard InChI is InChI=1S/C13H20/c1-3-9(4-1)7-10-11-5-2-6-13(11)8-12(10)13/h9-12H,1-8H2. The van der Waals surface area contributed by atoms with E-state index in [4.69, 9.17) is 0 Å². The predicted molar refractivity (Wildman–Crippen MR) is 53.3 cm³/mol. The zero-order chi connectivity index (χ0) is 8.47. The number of hydrogen-bond donors (Lipinski definition) is 0. The molecule has 4 fully saturated rings. The monoisotopic (exact) mass is 176 g/mol. The molecule has 4 unspecified atom stereocenters. The second-order valence-electron chi connectivity index (χ2n) is 6.24. The Morgan fingerprint density at radius 3 is 2.69 bits per heavy atom. The van der Waals surface area contributed by atoms with Gasteiger partial charge in [0.15, 0.2) is 0 Å². The van der Waals surface area contributed by atoms with Crippen molar-refractivity contribution in [2.75, 3.05) is 0 Å². The molecule has 0 N–H and O–H groups in total. The summed E-state index contributed by atoms with van der Waals surface area (Å²) in [5.41, 5.74) is 0.981. The second kappa shape index (κ2) is 2.15. The molecule has 4 saturated carbocycles. The first-order valence-electron chi connectivity index (χ1n) is 6.40. The summed E-state index contributed by atoms with van der Waals surface area (Å²) in [5.74, 6) is 4.84. The maximum absolute atomic E-state index is 1.65. The first-order chi connectivity index (χ1) is 6.40. The van der Waals surface area contributed by atoms with Crippen LogP contribution in [0.5, 0.6) is 0 Å². The Bertz CT molecular complexity index is 240. The van der Waals surface area contributed by atoms with Crippen molar-refractivity contribution in [1.29, 1.82) is 0 Å². The van der Waals surface area contributed by atoms with Crippen molar-refractivity contribution in [3.8, 4) is 0 Å². The molecule has 0 aromatic carbocycles. The average Bonchev–Trinajstić information content (AvgIpc) is 2.44. The SMILES string of the molecule is C1CC(CC2C3CCCC34CC24)C1. The molecule has 4 rings (SSSR count). The first kappa shape index (κ1) is 7.31. The van der Waals surface area contributed by atoms with Gasteiger partial charge in [0.25, 0.3) is 0 Å². The van der Waals surface area contributed by atoms with Crippen LogP contribution in [0.15, 0.2) is 0 Å². The minimum atomic E-state index is 0.981. The first-order valence-corrected chi connectivity index (χ1v) is 6.40. The van der Waals surface area contributed by atoms with E-state index in [1.165, 1.54) is 30.1 Å². The number of rotatable bonds is 2. The largest absolute Gasteiger partial charge is 0.0528 e. The molecule has 0 saturated heterocycles. The van der Waals surface area contributed by atoms with Crippen LogP contribution in [0.4, 0.5) is 0 Å². The summed E-state index contributed by atoms with van der Waals surface area (Å²) in [5, 5.41) is 0. The van der Waals surface area contributed by atoms with Gasteiger partial charge < -0.3 is 0 Å². The topological polar surface area (TPSA) is 0 Å². The average molecular weight is 176 g/mol. The van der Waals surface area contributed by atoms with Crippen molar-refractivity contribution in [1.82, 2.24) is 0 Å². The van der Waals surface area contributed by atoms with Gasteiger partial charge in [0.1, 0.15) is 0 Å². The van der Waals surface area contributed by atoms with Crippen molar-refractivity contribution in [3.63, 3.8) is 0 Å². The molecule has 72 valence electrons. The third-order valence-corrected chi connectivity index (χ3v) is 5.94. The summed E-state index contributed by atoms with van der Waals surface area (Å²) in [4.78, 5) is 0. The third kappa shape index (κ3) is 0.750. The molecule has 0 bridgehead atoms. The van der Waals surface area contributed by atoms with Gasteiger partial charge in [0.2, 0.25) is 0 Å². The molecular formula is C13H20. The van der Waals surface area contributed by atoms with Gasteiger partial charge in [-0.2, -0.15) is 0 Å². The molecule has 0 aromatic heterocycles. The highest BCUT2D eigenvalue weighted by Gasteiger charge is 2.73. The zero-order valence-corrected chi connectivity index (χ0v) is 8.47. The fourth-order valence-corrected chi connectivity index (χ4v) is 5.01. The fourth-order valence-electron chi connectivity index (χ4n) is 5.01. The van der Waals surface area contributed by atoms with Crippen molar-refractivity contribution >= 4 is 0 Å². The van der Waals surface area contributed by atoms with Gasteiger partial charge in [0, 0.05) is 0 Å². The minimum absolute atomic E-state index is 0.981. The van der Waals surface area contributed by atoms with Crippen LogP contribution in [0.25, 0.3) is 0 Å². The van der Waals surface area contributed by atoms with Crippen molar-refractivity contribution in [2.45, 2.75) is 51.4 Å². The molecule has 0 amide bonds. The van der Waals surface area contributed by atoms with Crippen LogP contribution >= 0.6 is 0 Å². The fraction of sp³-hybridized carbons (Fsp3) is 1.00. The Labute approximate surface area is 81.1 Å². The smallest absolute Gasteiger partial charge is 0.0232 e. The van der Waals surface area contributed by atoms with E-state index in [9.17, 15) is 0 Å². The maximum Gasteiger partial charge on any atom is -0.0232 e. The van der Waals surface area contributed by atoms with Crippen LogP contribution in [0, 0.1) is 29.1 Å². The Morgan fingerprint density at radius 2 is 1.92 bits per heavy atom. The Balaban J connectivity index is 1.46. The van der Waals surface area contributed by atoms with Crippen molar-refractivity contribution in [2.24, 2.45) is 29.1 Å². The number of hydrogen-bond acceptors (Lipinski definition) is 0. The molecule has 0 nitrogen and oxygen atoms in total. The van der Waals surface area contributed by atoms with E-state index < -0.39 is 0 Å². The Morgan fingerprint density at radius 1 is 1.00 bits per heavy atom. The van der Waals surface area contributed by atoms with Gasteiger partial charge >= 0.3 is 0 Å². The summed E-state index contributed by atoms with van der Waals surface area (Å²) >= 11 is 0. The maximum atomic E-state index is 1.65. The summed E-state index contributed by atoms with van der Waals surface area (Å²) in [6.45, 7) is 0. The van der Waals surface area contributed by atoms with E-state index >= 15 is 0 Å². The lowest BCUT2D eigenvalue weighted by Gasteiger charge is -2.43. The van der Waals surface area contributed by atoms with Crippen molar-refractivity contribution < 1.29 is 0 Å². The van der Waals surface area contributed by atoms with Gasteiger partial charge in [-0.25, -0.2) is 0 Å². The van der Waals surface area contributed by atoms with Gasteiger partial charge in [-0.05, 0) is 54.8 Å². The highest BCUT2D eigenvalue weighted by molar-refractivity contribution is 5.22. The van der Waals surface area contributed by atoms with E-state index in [-0.39, 0.29) is 0 Å². The highest BCUT2D eigenvalue weighted by atomic mass is 14.8. The van der Waals surface area contributed by atoms with E-state index in [0.29, 0.717) is 0 Å². The molecule has 0 radical (unpaired) electrons. The molecular weight excluding hydrogens is 156 g/mol. The Hall–Kier alpha value is 0. The molecule has 0 heteroatoms. The lowest BCUT2D eigenvalue weighted by atomic mass is 9.62. The summed E-state index contributed by atoms with van der Waals surface area (Å²) in [7, 11) is 0. The molecule has 4 atom stereocenters. The molecule has 0 aliphatic heterocycles. The van der Waals surface area contributed by atoms with Crippen LogP contribution in [-0.4, -0.2) is 0 Å². The van der Waals surface area contributed by atoms with Crippen LogP contribution < -0.4 is 0 Å². The summed E-state index contributed by atoms with van der Waals surface area (Å²) < 4.78 is 0. The van der Waals surface area contributed by atoms with Crippen LogP contribution in [0.3, 0.4) is 0 Å². The van der Waals surface area contributed by atoms with Crippen LogP contribution in [-0.2, 0) is 0 Å². The van der Waals surface area contributed by atoms with E-state index in [2.05, 4.69) is 0 Å². The lowest BCUT2D eigenvalue weighted by molar-refractivity contribution is 0.0529. The summed E-state index contributed by atoms with van der Waals surface area (Å²) in [6, 6.07) is 0. The Kier molecular flexibility index (Phi) is 1.21. The molecule has 13 heavy (non-hydrogen) atoms. The van der Waals surface area contributed by atoms with Gasteiger partial charge in [-0.1, -0.05) is 25.7 Å². The van der Waals surface area contributed by atoms with Crippen LogP contribution in [0.1, 0.15) is 51.4 Å². The van der Waals surface area contributed by atoms with Gasteiger partial charge in [0.05, 0.1) is 0 Å². The predicted octanol–water partition coefficient (Wildman–Crippen LogP) is 3.61. The second-order valence-corrected chi connectivity index (χ2v) is 6.24. The lowest BCUT2D eigenvalue weighted by Crippen LogP contribution is -2.37. The highest BCUT2D eigenvalue weighted by Crippen LogP contribution is 2.81. The third-order valence-electron chi connectivity index (χ3n) is 5.94. The molecule has 0 heterocycles. The summed E-state index contributed by atoms with van der Waals surface area (Å²) in [6.07, 6.45) is 12.8. The van der Waals surface area contributed by atoms with E-state index in [1.54, 1.807) is 44.9 Å².